The molecule has 2 aromatic rings. The van der Waals surface area contributed by atoms with Crippen molar-refractivity contribution in [1.82, 2.24) is 5.32 Å². The lowest BCUT2D eigenvalue weighted by molar-refractivity contribution is -0.123. The Hall–Kier alpha value is -2.00. The van der Waals surface area contributed by atoms with Crippen LogP contribution in [0.5, 0.6) is 5.75 Å². The van der Waals surface area contributed by atoms with E-state index >= 15 is 0 Å². The SMILES string of the molecule is C[C@H](NC(=O)COc1ccc(-c2ccccc2)cc1Cl)C1CC1. The number of carbonyl (C=O) groups is 1. The van der Waals surface area contributed by atoms with E-state index in [2.05, 4.69) is 5.32 Å². The summed E-state index contributed by atoms with van der Waals surface area (Å²) < 4.78 is 5.55. The zero-order chi connectivity index (χ0) is 16.2. The van der Waals surface area contributed by atoms with Crippen molar-refractivity contribution >= 4 is 17.5 Å². The number of rotatable bonds is 6. The van der Waals surface area contributed by atoms with E-state index in [0.717, 1.165) is 11.1 Å². The third-order valence-corrected chi connectivity index (χ3v) is 4.41. The molecule has 1 atom stereocenters. The standard InChI is InChI=1S/C19H20ClNO2/c1-13(14-7-8-14)21-19(22)12-23-18-10-9-16(11-17(18)20)15-5-3-2-4-6-15/h2-6,9-11,13-14H,7-8,12H2,1H3,(H,21,22)/t13-/m0/s1. The van der Waals surface area contributed by atoms with Gasteiger partial charge in [-0.3, -0.25) is 4.79 Å². The Morgan fingerprint density at radius 1 is 1.22 bits per heavy atom. The van der Waals surface area contributed by atoms with Crippen molar-refractivity contribution in [2.45, 2.75) is 25.8 Å². The molecule has 1 fully saturated rings. The first-order chi connectivity index (χ1) is 11.1. The predicted octanol–water partition coefficient (Wildman–Crippen LogP) is 4.30. The molecule has 0 heterocycles. The lowest BCUT2D eigenvalue weighted by atomic mass is 10.1. The van der Waals surface area contributed by atoms with Crippen LogP contribution in [0.4, 0.5) is 0 Å². The number of hydrogen-bond donors (Lipinski definition) is 1. The number of amides is 1. The second-order valence-electron chi connectivity index (χ2n) is 5.99. The van der Waals surface area contributed by atoms with Crippen molar-refractivity contribution in [1.29, 1.82) is 0 Å². The minimum absolute atomic E-state index is 0.0124. The molecule has 0 bridgehead atoms. The largest absolute Gasteiger partial charge is 0.482 e. The highest BCUT2D eigenvalue weighted by Crippen LogP contribution is 2.32. The molecular formula is C19H20ClNO2. The summed E-state index contributed by atoms with van der Waals surface area (Å²) >= 11 is 6.27. The van der Waals surface area contributed by atoms with Crippen LogP contribution in [0.1, 0.15) is 19.8 Å². The zero-order valence-electron chi connectivity index (χ0n) is 13.1. The van der Waals surface area contributed by atoms with Crippen LogP contribution < -0.4 is 10.1 Å². The van der Waals surface area contributed by atoms with Crippen LogP contribution in [0.3, 0.4) is 0 Å². The summed E-state index contributed by atoms with van der Waals surface area (Å²) in [6.07, 6.45) is 2.41. The molecule has 0 spiro atoms. The summed E-state index contributed by atoms with van der Waals surface area (Å²) in [5.74, 6) is 1.06. The van der Waals surface area contributed by atoms with E-state index < -0.39 is 0 Å². The van der Waals surface area contributed by atoms with Gasteiger partial charge in [0.2, 0.25) is 0 Å². The van der Waals surface area contributed by atoms with E-state index in [1.807, 2.05) is 55.5 Å². The smallest absolute Gasteiger partial charge is 0.258 e. The molecule has 0 aromatic heterocycles. The minimum atomic E-state index is -0.104. The Balaban J connectivity index is 1.59. The molecule has 0 unspecified atom stereocenters. The first-order valence-corrected chi connectivity index (χ1v) is 8.28. The Kier molecular flexibility index (Phi) is 4.87. The average Bonchev–Trinajstić information content (AvgIpc) is 3.39. The van der Waals surface area contributed by atoms with Crippen LogP contribution >= 0.6 is 11.6 Å². The molecule has 0 saturated heterocycles. The van der Waals surface area contributed by atoms with Gasteiger partial charge < -0.3 is 10.1 Å². The summed E-state index contributed by atoms with van der Waals surface area (Å²) in [5.41, 5.74) is 2.12. The van der Waals surface area contributed by atoms with Crippen LogP contribution in [0.2, 0.25) is 5.02 Å². The van der Waals surface area contributed by atoms with Gasteiger partial charge in [0.05, 0.1) is 5.02 Å². The zero-order valence-corrected chi connectivity index (χ0v) is 13.8. The fourth-order valence-corrected chi connectivity index (χ4v) is 2.82. The minimum Gasteiger partial charge on any atom is -0.482 e. The van der Waals surface area contributed by atoms with E-state index in [0.29, 0.717) is 16.7 Å². The number of hydrogen-bond acceptors (Lipinski definition) is 2. The van der Waals surface area contributed by atoms with Gasteiger partial charge in [-0.2, -0.15) is 0 Å². The van der Waals surface area contributed by atoms with Gasteiger partial charge in [0.25, 0.3) is 5.91 Å². The molecule has 0 radical (unpaired) electrons. The van der Waals surface area contributed by atoms with Crippen LogP contribution in [0.15, 0.2) is 48.5 Å². The highest BCUT2D eigenvalue weighted by atomic mass is 35.5. The van der Waals surface area contributed by atoms with E-state index in [1.54, 1.807) is 0 Å². The highest BCUT2D eigenvalue weighted by molar-refractivity contribution is 6.32. The Morgan fingerprint density at radius 2 is 1.96 bits per heavy atom. The maximum Gasteiger partial charge on any atom is 0.258 e. The fourth-order valence-electron chi connectivity index (χ4n) is 2.58. The normalized spacial score (nSPS) is 15.0. The first kappa shape index (κ1) is 15.9. The molecule has 1 saturated carbocycles. The molecule has 3 nitrogen and oxygen atoms in total. The van der Waals surface area contributed by atoms with Gasteiger partial charge in [0, 0.05) is 6.04 Å². The average molecular weight is 330 g/mol. The number of halogens is 1. The quantitative estimate of drug-likeness (QED) is 0.858. The highest BCUT2D eigenvalue weighted by Gasteiger charge is 2.28. The van der Waals surface area contributed by atoms with E-state index in [1.165, 1.54) is 12.8 Å². The summed E-state index contributed by atoms with van der Waals surface area (Å²) in [4.78, 5) is 11.9. The summed E-state index contributed by atoms with van der Waals surface area (Å²) in [6, 6.07) is 15.8. The van der Waals surface area contributed by atoms with Gasteiger partial charge in [-0.05, 0) is 48.9 Å². The van der Waals surface area contributed by atoms with Crippen molar-refractivity contribution in [3.05, 3.63) is 53.6 Å². The summed E-state index contributed by atoms with van der Waals surface area (Å²) in [7, 11) is 0. The number of benzene rings is 2. The molecular weight excluding hydrogens is 310 g/mol. The lowest BCUT2D eigenvalue weighted by Crippen LogP contribution is -2.37. The Morgan fingerprint density at radius 3 is 2.61 bits per heavy atom. The summed E-state index contributed by atoms with van der Waals surface area (Å²) in [5, 5.41) is 3.47. The summed E-state index contributed by atoms with van der Waals surface area (Å²) in [6.45, 7) is 2.03. The van der Waals surface area contributed by atoms with Gasteiger partial charge in [-0.25, -0.2) is 0 Å². The van der Waals surface area contributed by atoms with Crippen LogP contribution in [-0.4, -0.2) is 18.6 Å². The number of ether oxygens (including phenoxy) is 1. The fraction of sp³-hybridized carbons (Fsp3) is 0.316. The molecule has 1 aliphatic carbocycles. The maximum atomic E-state index is 11.9. The van der Waals surface area contributed by atoms with E-state index in [-0.39, 0.29) is 18.6 Å². The maximum absolute atomic E-state index is 11.9. The molecule has 1 N–H and O–H groups in total. The van der Waals surface area contributed by atoms with Gasteiger partial charge >= 0.3 is 0 Å². The van der Waals surface area contributed by atoms with Crippen molar-refractivity contribution in [3.63, 3.8) is 0 Å². The molecule has 1 aliphatic rings. The van der Waals surface area contributed by atoms with Crippen molar-refractivity contribution in [2.75, 3.05) is 6.61 Å². The topological polar surface area (TPSA) is 38.3 Å². The van der Waals surface area contributed by atoms with Crippen LogP contribution in [-0.2, 0) is 4.79 Å². The van der Waals surface area contributed by atoms with Gasteiger partial charge in [-0.15, -0.1) is 0 Å². The first-order valence-electron chi connectivity index (χ1n) is 7.90. The molecule has 3 rings (SSSR count). The molecule has 2 aromatic carbocycles. The third-order valence-electron chi connectivity index (χ3n) is 4.12. The lowest BCUT2D eigenvalue weighted by Gasteiger charge is -2.14. The second kappa shape index (κ2) is 7.05. The molecule has 23 heavy (non-hydrogen) atoms. The van der Waals surface area contributed by atoms with E-state index in [4.69, 9.17) is 16.3 Å². The second-order valence-corrected chi connectivity index (χ2v) is 6.40. The van der Waals surface area contributed by atoms with Crippen molar-refractivity contribution < 1.29 is 9.53 Å². The van der Waals surface area contributed by atoms with Crippen LogP contribution in [0.25, 0.3) is 11.1 Å². The van der Waals surface area contributed by atoms with Gasteiger partial charge in [0.15, 0.2) is 6.61 Å². The molecule has 0 aliphatic heterocycles. The predicted molar refractivity (Wildman–Crippen MR) is 92.7 cm³/mol. The number of carbonyl (C=O) groups excluding carboxylic acids is 1. The van der Waals surface area contributed by atoms with Gasteiger partial charge in [-0.1, -0.05) is 48.0 Å². The molecule has 120 valence electrons. The van der Waals surface area contributed by atoms with E-state index in [9.17, 15) is 4.79 Å². The molecule has 1 amide bonds. The third kappa shape index (κ3) is 4.26. The van der Waals surface area contributed by atoms with Crippen molar-refractivity contribution in [2.24, 2.45) is 5.92 Å². The number of nitrogens with one attached hydrogen (secondary N) is 1. The van der Waals surface area contributed by atoms with Gasteiger partial charge in [0.1, 0.15) is 5.75 Å². The molecule has 4 heteroatoms. The Labute approximate surface area is 141 Å². The van der Waals surface area contributed by atoms with Crippen LogP contribution in [0, 0.1) is 5.92 Å². The monoisotopic (exact) mass is 329 g/mol. The van der Waals surface area contributed by atoms with Crippen molar-refractivity contribution in [3.8, 4) is 16.9 Å². The Bertz CT molecular complexity index is 683.